The Morgan fingerprint density at radius 1 is 1.00 bits per heavy atom. The van der Waals surface area contributed by atoms with Gasteiger partial charge in [0.05, 0.1) is 4.90 Å². The van der Waals surface area contributed by atoms with Crippen molar-refractivity contribution < 1.29 is 12.8 Å². The Morgan fingerprint density at radius 3 is 2.46 bits per heavy atom. The molecule has 0 atom stereocenters. The highest BCUT2D eigenvalue weighted by molar-refractivity contribution is 7.89. The predicted octanol–water partition coefficient (Wildman–Crippen LogP) is 2.43. The van der Waals surface area contributed by atoms with Crippen LogP contribution in [-0.4, -0.2) is 43.9 Å². The van der Waals surface area contributed by atoms with Crippen molar-refractivity contribution in [2.75, 3.05) is 31.1 Å². The van der Waals surface area contributed by atoms with Crippen LogP contribution in [0.4, 0.5) is 10.2 Å². The van der Waals surface area contributed by atoms with E-state index in [1.165, 1.54) is 28.6 Å². The number of rotatable bonds is 3. The number of pyridine rings is 1. The molecule has 24 heavy (non-hydrogen) atoms. The van der Waals surface area contributed by atoms with Crippen LogP contribution in [0.25, 0.3) is 0 Å². The minimum Gasteiger partial charge on any atom is -0.355 e. The molecule has 2 heterocycles. The number of benzene rings is 1. The van der Waals surface area contributed by atoms with Crippen molar-refractivity contribution >= 4 is 15.8 Å². The summed E-state index contributed by atoms with van der Waals surface area (Å²) in [5.74, 6) is 0.428. The van der Waals surface area contributed by atoms with Crippen molar-refractivity contribution in [3.05, 3.63) is 54.0 Å². The van der Waals surface area contributed by atoms with Crippen LogP contribution < -0.4 is 4.90 Å². The Kier molecular flexibility index (Phi) is 4.82. The topological polar surface area (TPSA) is 53.5 Å². The number of halogens is 1. The summed E-state index contributed by atoms with van der Waals surface area (Å²) in [4.78, 5) is 6.74. The maximum absolute atomic E-state index is 13.0. The normalized spacial score (nSPS) is 16.8. The number of hydrogen-bond acceptors (Lipinski definition) is 4. The van der Waals surface area contributed by atoms with E-state index in [0.717, 1.165) is 24.5 Å². The van der Waals surface area contributed by atoms with Crippen LogP contribution in [0.3, 0.4) is 0 Å². The third-order valence-electron chi connectivity index (χ3n) is 4.10. The van der Waals surface area contributed by atoms with E-state index in [2.05, 4.69) is 9.88 Å². The molecule has 0 amide bonds. The van der Waals surface area contributed by atoms with Crippen LogP contribution in [0.5, 0.6) is 0 Å². The van der Waals surface area contributed by atoms with Crippen LogP contribution in [0.1, 0.15) is 12.1 Å². The van der Waals surface area contributed by atoms with Crippen molar-refractivity contribution in [1.29, 1.82) is 0 Å². The minimum absolute atomic E-state index is 0.131. The van der Waals surface area contributed by atoms with Crippen LogP contribution in [0, 0.1) is 12.7 Å². The number of aryl methyl sites for hydroxylation is 1. The molecule has 0 radical (unpaired) electrons. The van der Waals surface area contributed by atoms with E-state index in [4.69, 9.17) is 0 Å². The van der Waals surface area contributed by atoms with Gasteiger partial charge in [-0.3, -0.25) is 0 Å². The monoisotopic (exact) mass is 349 g/mol. The van der Waals surface area contributed by atoms with Gasteiger partial charge in [-0.1, -0.05) is 6.07 Å². The maximum atomic E-state index is 13.0. The molecule has 7 heteroatoms. The zero-order chi connectivity index (χ0) is 17.2. The first-order chi connectivity index (χ1) is 11.5. The van der Waals surface area contributed by atoms with Gasteiger partial charge in [-0.2, -0.15) is 4.31 Å². The lowest BCUT2D eigenvalue weighted by atomic mass is 10.3. The van der Waals surface area contributed by atoms with E-state index in [9.17, 15) is 12.8 Å². The van der Waals surface area contributed by atoms with Gasteiger partial charge in [0.25, 0.3) is 0 Å². The van der Waals surface area contributed by atoms with Crippen LogP contribution >= 0.6 is 0 Å². The zero-order valence-electron chi connectivity index (χ0n) is 13.5. The molecule has 0 aliphatic carbocycles. The summed E-state index contributed by atoms with van der Waals surface area (Å²) in [6.45, 7) is 4.10. The first kappa shape index (κ1) is 16.9. The van der Waals surface area contributed by atoms with Gasteiger partial charge >= 0.3 is 0 Å². The van der Waals surface area contributed by atoms with Gasteiger partial charge in [0.2, 0.25) is 10.0 Å². The molecule has 1 aromatic heterocycles. The molecule has 1 aliphatic rings. The van der Waals surface area contributed by atoms with Crippen molar-refractivity contribution in [2.24, 2.45) is 0 Å². The average molecular weight is 349 g/mol. The summed E-state index contributed by atoms with van der Waals surface area (Å²) in [6, 6.07) is 10.8. The highest BCUT2D eigenvalue weighted by Gasteiger charge is 2.27. The molecule has 2 aromatic rings. The Balaban J connectivity index is 1.76. The Hall–Kier alpha value is -1.99. The third kappa shape index (κ3) is 3.57. The van der Waals surface area contributed by atoms with Gasteiger partial charge in [0, 0.05) is 31.9 Å². The molecule has 5 nitrogen and oxygen atoms in total. The molecule has 1 aromatic carbocycles. The summed E-state index contributed by atoms with van der Waals surface area (Å²) in [5, 5.41) is 0. The van der Waals surface area contributed by atoms with Gasteiger partial charge in [-0.25, -0.2) is 17.8 Å². The van der Waals surface area contributed by atoms with E-state index in [1.807, 2.05) is 25.1 Å². The van der Waals surface area contributed by atoms with Crippen molar-refractivity contribution in [3.8, 4) is 0 Å². The van der Waals surface area contributed by atoms with Crippen molar-refractivity contribution in [1.82, 2.24) is 9.29 Å². The zero-order valence-corrected chi connectivity index (χ0v) is 14.3. The lowest BCUT2D eigenvalue weighted by molar-refractivity contribution is 0.433. The summed E-state index contributed by atoms with van der Waals surface area (Å²) in [6.07, 6.45) is 0.718. The number of hydrogen-bond donors (Lipinski definition) is 0. The molecule has 1 aliphatic heterocycles. The molecule has 128 valence electrons. The second-order valence-corrected chi connectivity index (χ2v) is 7.77. The highest BCUT2D eigenvalue weighted by Crippen LogP contribution is 2.20. The quantitative estimate of drug-likeness (QED) is 0.854. The molecular weight excluding hydrogens is 329 g/mol. The first-order valence-corrected chi connectivity index (χ1v) is 9.35. The lowest BCUT2D eigenvalue weighted by Gasteiger charge is -2.23. The number of nitrogens with zero attached hydrogens (tertiary/aromatic N) is 3. The van der Waals surface area contributed by atoms with Gasteiger partial charge in [-0.05, 0) is 49.7 Å². The molecule has 0 saturated carbocycles. The minimum atomic E-state index is -3.60. The Morgan fingerprint density at radius 2 is 1.75 bits per heavy atom. The fourth-order valence-corrected chi connectivity index (χ4v) is 4.29. The molecule has 0 spiro atoms. The second kappa shape index (κ2) is 6.86. The van der Waals surface area contributed by atoms with E-state index in [-0.39, 0.29) is 4.90 Å². The fourth-order valence-electron chi connectivity index (χ4n) is 2.82. The standard InChI is InChI=1S/C17H20FN3O2S/c1-14-4-2-5-17(19-14)20-10-3-11-21(13-12-20)24(22,23)16-8-6-15(18)7-9-16/h2,4-9H,3,10-13H2,1H3. The molecule has 1 saturated heterocycles. The number of sulfonamides is 1. The van der Waals surface area contributed by atoms with E-state index < -0.39 is 15.8 Å². The van der Waals surface area contributed by atoms with Gasteiger partial charge in [0.1, 0.15) is 11.6 Å². The highest BCUT2D eigenvalue weighted by atomic mass is 32.2. The number of anilines is 1. The van der Waals surface area contributed by atoms with Gasteiger partial charge in [-0.15, -0.1) is 0 Å². The molecule has 1 fully saturated rings. The van der Waals surface area contributed by atoms with Crippen LogP contribution in [-0.2, 0) is 10.0 Å². The van der Waals surface area contributed by atoms with Crippen molar-refractivity contribution in [2.45, 2.75) is 18.2 Å². The Labute approximate surface area is 141 Å². The van der Waals surface area contributed by atoms with E-state index in [0.29, 0.717) is 19.6 Å². The van der Waals surface area contributed by atoms with E-state index in [1.54, 1.807) is 0 Å². The van der Waals surface area contributed by atoms with Gasteiger partial charge < -0.3 is 4.90 Å². The fraction of sp³-hybridized carbons (Fsp3) is 0.353. The maximum Gasteiger partial charge on any atom is 0.243 e. The molecule has 3 rings (SSSR count). The largest absolute Gasteiger partial charge is 0.355 e. The summed E-state index contributed by atoms with van der Waals surface area (Å²) in [5.41, 5.74) is 0.938. The summed E-state index contributed by atoms with van der Waals surface area (Å²) >= 11 is 0. The molecule has 0 N–H and O–H groups in total. The molecule has 0 unspecified atom stereocenters. The summed E-state index contributed by atoms with van der Waals surface area (Å²) in [7, 11) is -3.60. The average Bonchev–Trinajstić information content (AvgIpc) is 2.82. The van der Waals surface area contributed by atoms with Crippen molar-refractivity contribution in [3.63, 3.8) is 0 Å². The molecule has 0 bridgehead atoms. The van der Waals surface area contributed by atoms with Crippen LogP contribution in [0.15, 0.2) is 47.4 Å². The SMILES string of the molecule is Cc1cccc(N2CCCN(S(=O)(=O)c3ccc(F)cc3)CC2)n1. The smallest absolute Gasteiger partial charge is 0.243 e. The second-order valence-electron chi connectivity index (χ2n) is 5.84. The molecular formula is C17H20FN3O2S. The third-order valence-corrected chi connectivity index (χ3v) is 6.02. The summed E-state index contributed by atoms with van der Waals surface area (Å²) < 4.78 is 39.9. The Bertz CT molecular complexity index is 809. The van der Waals surface area contributed by atoms with Crippen LogP contribution in [0.2, 0.25) is 0 Å². The lowest BCUT2D eigenvalue weighted by Crippen LogP contribution is -2.35. The van der Waals surface area contributed by atoms with E-state index >= 15 is 0 Å². The first-order valence-electron chi connectivity index (χ1n) is 7.91. The predicted molar refractivity (Wildman–Crippen MR) is 91.0 cm³/mol. The number of aromatic nitrogens is 1. The van der Waals surface area contributed by atoms with Gasteiger partial charge in [0.15, 0.2) is 0 Å².